The van der Waals surface area contributed by atoms with E-state index in [1.165, 1.54) is 16.9 Å². The number of aryl methyl sites for hydroxylation is 1. The molecule has 8 nitrogen and oxygen atoms in total. The van der Waals surface area contributed by atoms with Gasteiger partial charge in [-0.2, -0.15) is 0 Å². The summed E-state index contributed by atoms with van der Waals surface area (Å²) in [5, 5.41) is 15.6. The molecule has 34 heavy (non-hydrogen) atoms. The Balaban J connectivity index is 1.31. The summed E-state index contributed by atoms with van der Waals surface area (Å²) in [6.45, 7) is 6.84. The van der Waals surface area contributed by atoms with E-state index in [4.69, 9.17) is 4.74 Å². The molecule has 184 valence electrons. The molecule has 0 unspecified atom stereocenters. The van der Waals surface area contributed by atoms with Crippen LogP contribution in [0.25, 0.3) is 0 Å². The zero-order chi connectivity index (χ0) is 24.0. The second kappa shape index (κ2) is 11.3. The molecule has 4 rings (SSSR count). The van der Waals surface area contributed by atoms with Crippen molar-refractivity contribution < 1.29 is 14.3 Å². The summed E-state index contributed by atoms with van der Waals surface area (Å²) >= 11 is 1.42. The predicted octanol–water partition coefficient (Wildman–Crippen LogP) is 3.60. The van der Waals surface area contributed by atoms with Crippen LogP contribution in [0.3, 0.4) is 0 Å². The number of carbonyl (C=O) groups excluding carboxylic acids is 2. The van der Waals surface area contributed by atoms with Crippen molar-refractivity contribution >= 4 is 28.3 Å². The Morgan fingerprint density at radius 3 is 2.76 bits per heavy atom. The van der Waals surface area contributed by atoms with E-state index in [0.29, 0.717) is 30.7 Å². The van der Waals surface area contributed by atoms with E-state index in [9.17, 15) is 9.59 Å². The van der Waals surface area contributed by atoms with Crippen molar-refractivity contribution in [1.82, 2.24) is 20.4 Å². The molecule has 2 amide bonds. The van der Waals surface area contributed by atoms with Gasteiger partial charge in [0, 0.05) is 5.92 Å². The molecule has 3 heterocycles. The van der Waals surface area contributed by atoms with Gasteiger partial charge in [-0.05, 0) is 56.8 Å². The van der Waals surface area contributed by atoms with Gasteiger partial charge in [0.05, 0.1) is 18.5 Å². The number of anilines is 1. The number of para-hydroxylation sites is 1. The van der Waals surface area contributed by atoms with Crippen LogP contribution >= 0.6 is 11.3 Å². The van der Waals surface area contributed by atoms with Gasteiger partial charge < -0.3 is 10.1 Å². The number of aromatic nitrogens is 2. The molecule has 0 bridgehead atoms. The van der Waals surface area contributed by atoms with Gasteiger partial charge in [-0.25, -0.2) is 0 Å². The Kier molecular flexibility index (Phi) is 8.15. The van der Waals surface area contributed by atoms with E-state index >= 15 is 0 Å². The highest BCUT2D eigenvalue weighted by Gasteiger charge is 2.41. The van der Waals surface area contributed by atoms with E-state index < -0.39 is 0 Å². The van der Waals surface area contributed by atoms with Gasteiger partial charge in [0.15, 0.2) is 0 Å². The molecule has 1 aromatic carbocycles. The number of piperidine rings is 1. The minimum atomic E-state index is -0.364. The Labute approximate surface area is 205 Å². The fraction of sp³-hybridized carbons (Fsp3) is 0.600. The lowest BCUT2D eigenvalue weighted by Crippen LogP contribution is -2.50. The first-order valence-electron chi connectivity index (χ1n) is 12.3. The molecule has 2 aromatic rings. The highest BCUT2D eigenvalue weighted by Crippen LogP contribution is 2.37. The predicted molar refractivity (Wildman–Crippen MR) is 133 cm³/mol. The van der Waals surface area contributed by atoms with Crippen LogP contribution in [0.5, 0.6) is 5.75 Å². The zero-order valence-electron chi connectivity index (χ0n) is 20.1. The molecule has 2 aliphatic heterocycles. The molecular weight excluding hydrogens is 450 g/mol. The van der Waals surface area contributed by atoms with Gasteiger partial charge in [0.2, 0.25) is 16.9 Å². The van der Waals surface area contributed by atoms with Gasteiger partial charge in [-0.15, -0.1) is 10.2 Å². The van der Waals surface area contributed by atoms with Crippen LogP contribution in [-0.2, 0) is 16.0 Å². The maximum absolute atomic E-state index is 13.2. The van der Waals surface area contributed by atoms with Gasteiger partial charge >= 0.3 is 0 Å². The van der Waals surface area contributed by atoms with Crippen LogP contribution in [0.2, 0.25) is 0 Å². The number of hydrogen-bond donors (Lipinski definition) is 2. The van der Waals surface area contributed by atoms with E-state index in [1.54, 1.807) is 0 Å². The lowest BCUT2D eigenvalue weighted by atomic mass is 9.73. The molecule has 0 radical (unpaired) electrons. The Bertz CT molecular complexity index is 984. The van der Waals surface area contributed by atoms with E-state index in [1.807, 2.05) is 12.1 Å². The lowest BCUT2D eigenvalue weighted by molar-refractivity contribution is -0.135. The molecular formula is C25H35N5O3S. The molecule has 9 heteroatoms. The Morgan fingerprint density at radius 2 is 2.00 bits per heavy atom. The van der Waals surface area contributed by atoms with Crippen molar-refractivity contribution in [2.24, 2.45) is 5.41 Å². The first-order valence-corrected chi connectivity index (χ1v) is 13.1. The summed E-state index contributed by atoms with van der Waals surface area (Å²) in [6, 6.07) is 8.18. The average Bonchev–Trinajstić information content (AvgIpc) is 3.29. The van der Waals surface area contributed by atoms with E-state index in [-0.39, 0.29) is 17.2 Å². The summed E-state index contributed by atoms with van der Waals surface area (Å²) in [5.74, 6) is 1.26. The molecule has 0 atom stereocenters. The summed E-state index contributed by atoms with van der Waals surface area (Å²) in [7, 11) is 0. The summed E-state index contributed by atoms with van der Waals surface area (Å²) in [4.78, 5) is 27.9. The summed E-state index contributed by atoms with van der Waals surface area (Å²) in [6.07, 6.45) is 5.40. The molecule has 2 N–H and O–H groups in total. The number of amides is 2. The molecule has 1 aromatic heterocycles. The van der Waals surface area contributed by atoms with Crippen molar-refractivity contribution in [2.75, 3.05) is 38.1 Å². The number of carbonyl (C=O) groups is 2. The Morgan fingerprint density at radius 1 is 1.21 bits per heavy atom. The van der Waals surface area contributed by atoms with Crippen LogP contribution in [0, 0.1) is 5.41 Å². The van der Waals surface area contributed by atoms with Gasteiger partial charge in [0.1, 0.15) is 17.4 Å². The molecule has 1 saturated heterocycles. The van der Waals surface area contributed by atoms with Crippen LogP contribution in [-0.4, -0.2) is 59.7 Å². The SMILES string of the molecule is CC(C)c1nnc(NC(=O)CN2CCC3(CCCCc4ccccc4OCCNC3=O)CC2)s1. The summed E-state index contributed by atoms with van der Waals surface area (Å²) < 4.78 is 5.93. The van der Waals surface area contributed by atoms with Gasteiger partial charge in [-0.1, -0.05) is 49.8 Å². The standard InChI is InChI=1S/C25H35N5O3S/c1-18(2)22-28-29-24(34-22)27-21(31)17-30-14-11-25(12-15-30)10-6-5-8-19-7-3-4-9-20(19)33-16-13-26-23(25)32/h3-4,7,9,18H,5-6,8,10-17H2,1-2H3,(H,26,32)(H,27,29,31). The highest BCUT2D eigenvalue weighted by atomic mass is 32.1. The quantitative estimate of drug-likeness (QED) is 0.687. The number of likely N-dealkylation sites (tertiary alicyclic amines) is 1. The van der Waals surface area contributed by atoms with E-state index in [0.717, 1.165) is 62.4 Å². The maximum atomic E-state index is 13.2. The number of nitrogens with zero attached hydrogens (tertiary/aromatic N) is 3. The smallest absolute Gasteiger partial charge is 0.240 e. The van der Waals surface area contributed by atoms with Crippen molar-refractivity contribution in [1.29, 1.82) is 0 Å². The maximum Gasteiger partial charge on any atom is 0.240 e. The molecule has 0 aliphatic carbocycles. The Hall–Kier alpha value is -2.52. The van der Waals surface area contributed by atoms with E-state index in [2.05, 4.69) is 51.7 Å². The van der Waals surface area contributed by atoms with Gasteiger partial charge in [0.25, 0.3) is 0 Å². The molecule has 1 spiro atoms. The first-order chi connectivity index (χ1) is 16.4. The van der Waals surface area contributed by atoms with Crippen LogP contribution in [0.15, 0.2) is 24.3 Å². The third-order valence-corrected chi connectivity index (χ3v) is 7.95. The van der Waals surface area contributed by atoms with Crippen molar-refractivity contribution in [3.05, 3.63) is 34.8 Å². The number of fused-ring (bicyclic) bond motifs is 1. The summed E-state index contributed by atoms with van der Waals surface area (Å²) in [5.41, 5.74) is 0.872. The number of benzene rings is 1. The fourth-order valence-corrected chi connectivity index (χ4v) is 5.52. The van der Waals surface area contributed by atoms with Crippen LogP contribution in [0.4, 0.5) is 5.13 Å². The first kappa shape index (κ1) is 24.6. The second-order valence-corrected chi connectivity index (χ2v) is 10.6. The number of rotatable bonds is 4. The minimum Gasteiger partial charge on any atom is -0.491 e. The topological polar surface area (TPSA) is 96.5 Å². The normalized spacial score (nSPS) is 19.4. The molecule has 2 aliphatic rings. The largest absolute Gasteiger partial charge is 0.491 e. The van der Waals surface area contributed by atoms with Crippen LogP contribution in [0.1, 0.15) is 62.4 Å². The molecule has 1 fully saturated rings. The third kappa shape index (κ3) is 6.13. The fourth-order valence-electron chi connectivity index (χ4n) is 4.75. The van der Waals surface area contributed by atoms with Crippen LogP contribution < -0.4 is 15.4 Å². The second-order valence-electron chi connectivity index (χ2n) is 9.62. The third-order valence-electron chi connectivity index (χ3n) is 6.81. The number of hydrogen-bond acceptors (Lipinski definition) is 7. The number of ether oxygens (including phenoxy) is 1. The minimum absolute atomic E-state index is 0.0821. The zero-order valence-corrected chi connectivity index (χ0v) is 21.0. The van der Waals surface area contributed by atoms with Crippen molar-refractivity contribution in [3.63, 3.8) is 0 Å². The molecule has 0 saturated carbocycles. The van der Waals surface area contributed by atoms with Crippen molar-refractivity contribution in [2.45, 2.75) is 58.3 Å². The monoisotopic (exact) mass is 485 g/mol. The average molecular weight is 486 g/mol. The van der Waals surface area contributed by atoms with Gasteiger partial charge in [-0.3, -0.25) is 19.8 Å². The lowest BCUT2D eigenvalue weighted by Gasteiger charge is -2.40. The number of nitrogens with one attached hydrogen (secondary N) is 2. The van der Waals surface area contributed by atoms with Crippen molar-refractivity contribution in [3.8, 4) is 5.75 Å². The highest BCUT2D eigenvalue weighted by molar-refractivity contribution is 7.15.